The van der Waals surface area contributed by atoms with Crippen molar-refractivity contribution in [3.63, 3.8) is 0 Å². The van der Waals surface area contributed by atoms with E-state index in [1.165, 1.54) is 0 Å². The average Bonchev–Trinajstić information content (AvgIpc) is 2.38. The van der Waals surface area contributed by atoms with Gasteiger partial charge in [-0.05, 0) is 36.2 Å². The van der Waals surface area contributed by atoms with E-state index in [0.29, 0.717) is 15.6 Å². The molecule has 0 aliphatic heterocycles. The Labute approximate surface area is 122 Å². The number of hydrogen-bond donors (Lipinski definition) is 1. The van der Waals surface area contributed by atoms with Crippen LogP contribution in [0.5, 0.6) is 0 Å². The van der Waals surface area contributed by atoms with Crippen molar-refractivity contribution in [3.8, 4) is 0 Å². The minimum atomic E-state index is -0.217. The van der Waals surface area contributed by atoms with Gasteiger partial charge in [0.1, 0.15) is 0 Å². The minimum absolute atomic E-state index is 0.217. The average molecular weight is 294 g/mol. The van der Waals surface area contributed by atoms with Gasteiger partial charge in [-0.15, -0.1) is 0 Å². The maximum Gasteiger partial charge on any atom is 0.255 e. The van der Waals surface area contributed by atoms with Crippen LogP contribution in [0.25, 0.3) is 0 Å². The van der Waals surface area contributed by atoms with Crippen LogP contribution >= 0.6 is 23.2 Å². The second-order valence-electron chi connectivity index (χ2n) is 4.12. The summed E-state index contributed by atoms with van der Waals surface area (Å²) >= 11 is 11.8. The van der Waals surface area contributed by atoms with Crippen molar-refractivity contribution in [2.75, 3.05) is 5.32 Å². The number of carbonyl (C=O) groups excluding carboxylic acids is 1. The fourth-order valence-electron chi connectivity index (χ4n) is 1.83. The number of rotatable bonds is 3. The van der Waals surface area contributed by atoms with Gasteiger partial charge in [-0.2, -0.15) is 0 Å². The zero-order valence-electron chi connectivity index (χ0n) is 10.4. The van der Waals surface area contributed by atoms with Crippen molar-refractivity contribution in [3.05, 3.63) is 63.6 Å². The number of carbonyl (C=O) groups is 1. The summed E-state index contributed by atoms with van der Waals surface area (Å²) in [6.45, 7) is 2.04. The Morgan fingerprint density at radius 3 is 2.37 bits per heavy atom. The molecule has 1 amide bonds. The number of amides is 1. The number of hydrogen-bond acceptors (Lipinski definition) is 1. The van der Waals surface area contributed by atoms with Gasteiger partial charge in [0.2, 0.25) is 0 Å². The van der Waals surface area contributed by atoms with E-state index in [1.807, 2.05) is 31.2 Å². The van der Waals surface area contributed by atoms with Gasteiger partial charge >= 0.3 is 0 Å². The maximum atomic E-state index is 12.2. The molecule has 0 aliphatic rings. The van der Waals surface area contributed by atoms with E-state index in [9.17, 15) is 4.79 Å². The SMILES string of the molecule is CCc1ccccc1NC(=O)c1cc(Cl)cc(Cl)c1. The lowest BCUT2D eigenvalue weighted by molar-refractivity contribution is 0.102. The third-order valence-corrected chi connectivity index (χ3v) is 3.21. The number of halogens is 2. The van der Waals surface area contributed by atoms with E-state index >= 15 is 0 Å². The van der Waals surface area contributed by atoms with E-state index in [-0.39, 0.29) is 5.91 Å². The monoisotopic (exact) mass is 293 g/mol. The maximum absolute atomic E-state index is 12.2. The lowest BCUT2D eigenvalue weighted by Crippen LogP contribution is -2.13. The van der Waals surface area contributed by atoms with Crippen molar-refractivity contribution < 1.29 is 4.79 Å². The lowest BCUT2D eigenvalue weighted by Gasteiger charge is -2.10. The van der Waals surface area contributed by atoms with Crippen LogP contribution in [0.1, 0.15) is 22.8 Å². The second-order valence-corrected chi connectivity index (χ2v) is 5.00. The summed E-state index contributed by atoms with van der Waals surface area (Å²) in [5.41, 5.74) is 2.35. The minimum Gasteiger partial charge on any atom is -0.322 e. The summed E-state index contributed by atoms with van der Waals surface area (Å²) in [5, 5.41) is 3.77. The summed E-state index contributed by atoms with van der Waals surface area (Å²) in [6.07, 6.45) is 0.854. The smallest absolute Gasteiger partial charge is 0.255 e. The van der Waals surface area contributed by atoms with Crippen LogP contribution in [-0.2, 0) is 6.42 Å². The van der Waals surface area contributed by atoms with Crippen LogP contribution in [0.15, 0.2) is 42.5 Å². The van der Waals surface area contributed by atoms with Gasteiger partial charge in [0.05, 0.1) is 0 Å². The molecule has 0 heterocycles. The molecule has 0 bridgehead atoms. The van der Waals surface area contributed by atoms with E-state index < -0.39 is 0 Å². The normalized spacial score (nSPS) is 10.3. The fourth-order valence-corrected chi connectivity index (χ4v) is 2.36. The first kappa shape index (κ1) is 13.9. The number of nitrogens with one attached hydrogen (secondary N) is 1. The highest BCUT2D eigenvalue weighted by Crippen LogP contribution is 2.21. The second kappa shape index (κ2) is 6.09. The fraction of sp³-hybridized carbons (Fsp3) is 0.133. The Morgan fingerprint density at radius 1 is 1.11 bits per heavy atom. The molecule has 0 saturated heterocycles. The predicted octanol–water partition coefficient (Wildman–Crippen LogP) is 4.81. The highest BCUT2D eigenvalue weighted by atomic mass is 35.5. The molecule has 4 heteroatoms. The van der Waals surface area contributed by atoms with Gasteiger partial charge in [0, 0.05) is 21.3 Å². The third-order valence-electron chi connectivity index (χ3n) is 2.77. The topological polar surface area (TPSA) is 29.1 Å². The highest BCUT2D eigenvalue weighted by Gasteiger charge is 2.09. The Hall–Kier alpha value is -1.51. The Balaban J connectivity index is 2.25. The zero-order chi connectivity index (χ0) is 13.8. The molecule has 1 N–H and O–H groups in total. The van der Waals surface area contributed by atoms with Crippen LogP contribution in [-0.4, -0.2) is 5.91 Å². The molecule has 0 radical (unpaired) electrons. The molecule has 0 aliphatic carbocycles. The van der Waals surface area contributed by atoms with Gasteiger partial charge in [0.25, 0.3) is 5.91 Å². The predicted molar refractivity (Wildman–Crippen MR) is 80.2 cm³/mol. The number of aryl methyl sites for hydroxylation is 1. The summed E-state index contributed by atoms with van der Waals surface area (Å²) in [4.78, 5) is 12.2. The van der Waals surface area contributed by atoms with Crippen LogP contribution in [0.2, 0.25) is 10.0 Å². The van der Waals surface area contributed by atoms with Crippen molar-refractivity contribution in [2.24, 2.45) is 0 Å². The molecule has 2 rings (SSSR count). The molecule has 0 fully saturated rings. The molecule has 98 valence electrons. The Bertz CT molecular complexity index is 591. The van der Waals surface area contributed by atoms with E-state index in [0.717, 1.165) is 17.7 Å². The Morgan fingerprint density at radius 2 is 1.74 bits per heavy atom. The molecular weight excluding hydrogens is 281 g/mol. The highest BCUT2D eigenvalue weighted by molar-refractivity contribution is 6.35. The molecule has 0 atom stereocenters. The van der Waals surface area contributed by atoms with E-state index in [1.54, 1.807) is 18.2 Å². The first-order chi connectivity index (χ1) is 9.10. The molecule has 0 saturated carbocycles. The van der Waals surface area contributed by atoms with E-state index in [2.05, 4.69) is 5.32 Å². The number of anilines is 1. The molecule has 19 heavy (non-hydrogen) atoms. The summed E-state index contributed by atoms with van der Waals surface area (Å²) in [7, 11) is 0. The van der Waals surface area contributed by atoms with Crippen LogP contribution in [0.4, 0.5) is 5.69 Å². The summed E-state index contributed by atoms with van der Waals surface area (Å²) in [6, 6.07) is 12.5. The quantitative estimate of drug-likeness (QED) is 0.865. The van der Waals surface area contributed by atoms with E-state index in [4.69, 9.17) is 23.2 Å². The molecule has 2 aromatic rings. The summed E-state index contributed by atoms with van der Waals surface area (Å²) < 4.78 is 0. The number of para-hydroxylation sites is 1. The first-order valence-electron chi connectivity index (χ1n) is 5.95. The van der Waals surface area contributed by atoms with Crippen molar-refractivity contribution >= 4 is 34.8 Å². The zero-order valence-corrected chi connectivity index (χ0v) is 11.9. The molecule has 0 aromatic heterocycles. The Kier molecular flexibility index (Phi) is 4.46. The van der Waals surface area contributed by atoms with Crippen molar-refractivity contribution in [1.29, 1.82) is 0 Å². The van der Waals surface area contributed by atoms with Gasteiger partial charge in [-0.3, -0.25) is 4.79 Å². The molecular formula is C15H13Cl2NO. The largest absolute Gasteiger partial charge is 0.322 e. The standard InChI is InChI=1S/C15H13Cl2NO/c1-2-10-5-3-4-6-14(10)18-15(19)11-7-12(16)9-13(17)8-11/h3-9H,2H2,1H3,(H,18,19). The first-order valence-corrected chi connectivity index (χ1v) is 6.71. The van der Waals surface area contributed by atoms with Gasteiger partial charge in [-0.25, -0.2) is 0 Å². The number of benzene rings is 2. The van der Waals surface area contributed by atoms with Crippen LogP contribution in [0, 0.1) is 0 Å². The van der Waals surface area contributed by atoms with Crippen LogP contribution < -0.4 is 5.32 Å². The van der Waals surface area contributed by atoms with Crippen molar-refractivity contribution in [1.82, 2.24) is 0 Å². The summed E-state index contributed by atoms with van der Waals surface area (Å²) in [5.74, 6) is -0.217. The van der Waals surface area contributed by atoms with Gasteiger partial charge in [0.15, 0.2) is 0 Å². The molecule has 0 spiro atoms. The molecule has 2 aromatic carbocycles. The van der Waals surface area contributed by atoms with Crippen molar-refractivity contribution in [2.45, 2.75) is 13.3 Å². The lowest BCUT2D eigenvalue weighted by atomic mass is 10.1. The molecule has 2 nitrogen and oxygen atoms in total. The van der Waals surface area contributed by atoms with Gasteiger partial charge < -0.3 is 5.32 Å². The van der Waals surface area contributed by atoms with Gasteiger partial charge in [-0.1, -0.05) is 48.3 Å². The third kappa shape index (κ3) is 3.49. The van der Waals surface area contributed by atoms with Crippen LogP contribution in [0.3, 0.4) is 0 Å². The molecule has 0 unspecified atom stereocenters.